The van der Waals surface area contributed by atoms with Crippen LogP contribution in [0.5, 0.6) is 0 Å². The number of hydrogen-bond acceptors (Lipinski definition) is 4. The molecular weight excluding hydrogens is 310 g/mol. The highest BCUT2D eigenvalue weighted by Gasteiger charge is 2.31. The second kappa shape index (κ2) is 6.84. The van der Waals surface area contributed by atoms with Gasteiger partial charge in [0.15, 0.2) is 0 Å². The third-order valence-corrected chi connectivity index (χ3v) is 5.65. The molecule has 6 heteroatoms. The van der Waals surface area contributed by atoms with E-state index in [4.69, 9.17) is 0 Å². The molecule has 1 fully saturated rings. The van der Waals surface area contributed by atoms with Crippen molar-refractivity contribution >= 4 is 17.2 Å². The summed E-state index contributed by atoms with van der Waals surface area (Å²) in [5.74, 6) is 0.137. The minimum atomic E-state index is -0.481. The topological polar surface area (TPSA) is 69.2 Å². The second-order valence-corrected chi connectivity index (χ2v) is 7.22. The van der Waals surface area contributed by atoms with Crippen molar-refractivity contribution in [3.63, 3.8) is 0 Å². The maximum absolute atomic E-state index is 12.7. The normalized spacial score (nSPS) is 19.3. The fourth-order valence-corrected chi connectivity index (χ4v) is 4.08. The summed E-state index contributed by atoms with van der Waals surface area (Å²) < 4.78 is 0. The highest BCUT2D eigenvalue weighted by Crippen LogP contribution is 2.30. The van der Waals surface area contributed by atoms with Crippen LogP contribution in [-0.2, 0) is 11.2 Å². The van der Waals surface area contributed by atoms with Gasteiger partial charge < -0.3 is 10.0 Å². The van der Waals surface area contributed by atoms with Crippen LogP contribution < -0.4 is 0 Å². The first kappa shape index (κ1) is 16.2. The number of H-pyrrole nitrogens is 1. The van der Waals surface area contributed by atoms with E-state index in [0.717, 1.165) is 41.2 Å². The summed E-state index contributed by atoms with van der Waals surface area (Å²) >= 11 is 1.57. The molecule has 2 aromatic heterocycles. The predicted octanol–water partition coefficient (Wildman–Crippen LogP) is 2.75. The van der Waals surface area contributed by atoms with E-state index in [2.05, 4.69) is 10.2 Å². The lowest BCUT2D eigenvalue weighted by Gasteiger charge is -2.26. The minimum Gasteiger partial charge on any atom is -0.387 e. The molecule has 0 aliphatic carbocycles. The number of carbonyl (C=O) groups is 1. The summed E-state index contributed by atoms with van der Waals surface area (Å²) in [7, 11) is 0. The van der Waals surface area contributed by atoms with Gasteiger partial charge in [0.25, 0.3) is 0 Å². The molecule has 1 amide bonds. The van der Waals surface area contributed by atoms with Crippen molar-refractivity contribution in [2.24, 2.45) is 0 Å². The Balaban J connectivity index is 1.65. The highest BCUT2D eigenvalue weighted by molar-refractivity contribution is 7.10. The van der Waals surface area contributed by atoms with Gasteiger partial charge in [-0.15, -0.1) is 11.3 Å². The Kier molecular flexibility index (Phi) is 4.82. The van der Waals surface area contributed by atoms with Crippen LogP contribution in [0.2, 0.25) is 0 Å². The third-order valence-electron chi connectivity index (χ3n) is 4.67. The number of nitrogens with zero attached hydrogens (tertiary/aromatic N) is 2. The van der Waals surface area contributed by atoms with Crippen molar-refractivity contribution in [2.75, 3.05) is 6.54 Å². The summed E-state index contributed by atoms with van der Waals surface area (Å²) in [6.07, 6.45) is 2.51. The van der Waals surface area contributed by atoms with E-state index in [9.17, 15) is 9.90 Å². The Hall–Kier alpha value is -1.66. The first-order chi connectivity index (χ1) is 11.1. The molecule has 3 rings (SSSR count). The number of thiophene rings is 1. The average molecular weight is 333 g/mol. The maximum Gasteiger partial charge on any atom is 0.227 e. The van der Waals surface area contributed by atoms with Crippen LogP contribution in [0.25, 0.3) is 0 Å². The van der Waals surface area contributed by atoms with E-state index in [1.54, 1.807) is 11.3 Å². The number of amides is 1. The highest BCUT2D eigenvalue weighted by atomic mass is 32.1. The fourth-order valence-electron chi connectivity index (χ4n) is 3.35. The van der Waals surface area contributed by atoms with Gasteiger partial charge in [-0.3, -0.25) is 9.89 Å². The maximum atomic E-state index is 12.7. The van der Waals surface area contributed by atoms with Gasteiger partial charge in [0.2, 0.25) is 5.91 Å². The van der Waals surface area contributed by atoms with E-state index >= 15 is 0 Å². The van der Waals surface area contributed by atoms with Crippen LogP contribution in [-0.4, -0.2) is 38.7 Å². The van der Waals surface area contributed by atoms with E-state index in [0.29, 0.717) is 12.8 Å². The molecule has 124 valence electrons. The molecule has 0 bridgehead atoms. The van der Waals surface area contributed by atoms with E-state index in [1.165, 1.54) is 0 Å². The number of aromatic amines is 1. The number of nitrogens with one attached hydrogen (secondary N) is 1. The summed E-state index contributed by atoms with van der Waals surface area (Å²) in [4.78, 5) is 15.6. The molecule has 5 nitrogen and oxygen atoms in total. The van der Waals surface area contributed by atoms with Gasteiger partial charge in [-0.05, 0) is 44.6 Å². The number of aryl methyl sites for hydroxylation is 2. The largest absolute Gasteiger partial charge is 0.387 e. The third kappa shape index (κ3) is 3.48. The zero-order valence-electron chi connectivity index (χ0n) is 13.6. The number of aliphatic hydroxyl groups excluding tert-OH is 1. The number of rotatable bonds is 5. The molecule has 1 aliphatic rings. The van der Waals surface area contributed by atoms with Crippen LogP contribution in [0, 0.1) is 13.8 Å². The molecule has 0 radical (unpaired) electrons. The predicted molar refractivity (Wildman–Crippen MR) is 90.4 cm³/mol. The molecule has 23 heavy (non-hydrogen) atoms. The van der Waals surface area contributed by atoms with E-state index in [-0.39, 0.29) is 11.9 Å². The van der Waals surface area contributed by atoms with E-state index < -0.39 is 6.10 Å². The Morgan fingerprint density at radius 2 is 2.39 bits per heavy atom. The first-order valence-electron chi connectivity index (χ1n) is 8.07. The number of aromatic nitrogens is 2. The standard InChI is InChI=1S/C17H23N3O2S/c1-11-14(12(2)19-18-11)10-17(22)20-7-3-5-13(20)9-15(21)16-6-4-8-23-16/h4,6,8,13,15,21H,3,5,7,9-10H2,1-2H3,(H,18,19). The van der Waals surface area contributed by atoms with Crippen LogP contribution in [0.15, 0.2) is 17.5 Å². The summed E-state index contributed by atoms with van der Waals surface area (Å²) in [6.45, 7) is 4.66. The monoisotopic (exact) mass is 333 g/mol. The van der Waals surface area contributed by atoms with Crippen molar-refractivity contribution in [2.45, 2.75) is 51.7 Å². The first-order valence-corrected chi connectivity index (χ1v) is 8.95. The fraction of sp³-hybridized carbons (Fsp3) is 0.529. The van der Waals surface area contributed by atoms with Crippen molar-refractivity contribution < 1.29 is 9.90 Å². The van der Waals surface area contributed by atoms with Crippen molar-refractivity contribution in [1.82, 2.24) is 15.1 Å². The molecule has 2 unspecified atom stereocenters. The lowest BCUT2D eigenvalue weighted by Crippen LogP contribution is -2.37. The van der Waals surface area contributed by atoms with Gasteiger partial charge in [-0.1, -0.05) is 6.07 Å². The van der Waals surface area contributed by atoms with Crippen LogP contribution >= 0.6 is 11.3 Å². The quantitative estimate of drug-likeness (QED) is 0.884. The Bertz CT molecular complexity index is 646. The van der Waals surface area contributed by atoms with Crippen molar-refractivity contribution in [1.29, 1.82) is 0 Å². The van der Waals surface area contributed by atoms with Gasteiger partial charge in [0.05, 0.1) is 18.2 Å². The Morgan fingerprint density at radius 1 is 1.57 bits per heavy atom. The molecule has 3 heterocycles. The lowest BCUT2D eigenvalue weighted by atomic mass is 10.0. The van der Waals surface area contributed by atoms with Crippen LogP contribution in [0.4, 0.5) is 0 Å². The smallest absolute Gasteiger partial charge is 0.227 e. The van der Waals surface area contributed by atoms with Gasteiger partial charge in [-0.2, -0.15) is 5.10 Å². The van der Waals surface area contributed by atoms with E-state index in [1.807, 2.05) is 36.3 Å². The number of hydrogen-bond donors (Lipinski definition) is 2. The average Bonchev–Trinajstić information content (AvgIpc) is 3.25. The molecule has 0 aromatic carbocycles. The molecule has 1 aliphatic heterocycles. The molecule has 2 aromatic rings. The summed E-state index contributed by atoms with van der Waals surface area (Å²) in [5.41, 5.74) is 2.86. The van der Waals surface area contributed by atoms with Crippen LogP contribution in [0.1, 0.15) is 47.2 Å². The van der Waals surface area contributed by atoms with Gasteiger partial charge in [0, 0.05) is 28.7 Å². The summed E-state index contributed by atoms with van der Waals surface area (Å²) in [5, 5.41) is 19.4. The molecule has 2 atom stereocenters. The zero-order chi connectivity index (χ0) is 16.4. The Morgan fingerprint density at radius 3 is 3.04 bits per heavy atom. The second-order valence-electron chi connectivity index (χ2n) is 6.24. The zero-order valence-corrected chi connectivity index (χ0v) is 14.4. The van der Waals surface area contributed by atoms with Gasteiger partial charge in [-0.25, -0.2) is 0 Å². The Labute approximate surface area is 140 Å². The number of aliphatic hydroxyl groups is 1. The molecule has 0 spiro atoms. The van der Waals surface area contributed by atoms with Crippen molar-refractivity contribution in [3.8, 4) is 0 Å². The molecular formula is C17H23N3O2S. The van der Waals surface area contributed by atoms with Crippen molar-refractivity contribution in [3.05, 3.63) is 39.3 Å². The van der Waals surface area contributed by atoms with Crippen LogP contribution in [0.3, 0.4) is 0 Å². The molecule has 0 saturated carbocycles. The minimum absolute atomic E-state index is 0.132. The van der Waals surface area contributed by atoms with Gasteiger partial charge >= 0.3 is 0 Å². The van der Waals surface area contributed by atoms with Gasteiger partial charge in [0.1, 0.15) is 0 Å². The summed E-state index contributed by atoms with van der Waals surface area (Å²) in [6, 6.07) is 4.03. The molecule has 2 N–H and O–H groups in total. The number of carbonyl (C=O) groups excluding carboxylic acids is 1. The number of likely N-dealkylation sites (tertiary alicyclic amines) is 1. The molecule has 1 saturated heterocycles. The SMILES string of the molecule is Cc1n[nH]c(C)c1CC(=O)N1CCCC1CC(O)c1cccs1. The lowest BCUT2D eigenvalue weighted by molar-refractivity contribution is -0.131.